The first kappa shape index (κ1) is 13.9. The van der Waals surface area contributed by atoms with E-state index >= 15 is 0 Å². The van der Waals surface area contributed by atoms with E-state index in [-0.39, 0.29) is 5.75 Å². The fraction of sp³-hybridized carbons (Fsp3) is 0.364. The van der Waals surface area contributed by atoms with Crippen LogP contribution >= 0.6 is 15.9 Å². The lowest BCUT2D eigenvalue weighted by atomic mass is 10.2. The Kier molecular flexibility index (Phi) is 5.87. The van der Waals surface area contributed by atoms with Gasteiger partial charge in [-0.25, -0.2) is 0 Å². The van der Waals surface area contributed by atoms with Crippen LogP contribution in [0.5, 0.6) is 5.75 Å². The topological polar surface area (TPSA) is 45.0 Å². The number of rotatable bonds is 6. The molecule has 0 aliphatic rings. The van der Waals surface area contributed by atoms with Gasteiger partial charge in [-0.1, -0.05) is 15.9 Å². The van der Waals surface area contributed by atoms with Gasteiger partial charge in [0.05, 0.1) is 6.07 Å². The Bertz CT molecular complexity index is 407. The van der Waals surface area contributed by atoms with Crippen molar-refractivity contribution in [2.45, 2.75) is 19.6 Å². The van der Waals surface area contributed by atoms with Crippen LogP contribution in [0.15, 0.2) is 22.7 Å². The molecule has 0 aliphatic heterocycles. The first-order valence-corrected chi connectivity index (χ1v) is 5.73. The van der Waals surface area contributed by atoms with E-state index in [1.165, 1.54) is 6.07 Å². The lowest BCUT2D eigenvalue weighted by molar-refractivity contribution is -0.0505. The van der Waals surface area contributed by atoms with Crippen molar-refractivity contribution < 1.29 is 13.5 Å². The van der Waals surface area contributed by atoms with E-state index in [9.17, 15) is 8.78 Å². The van der Waals surface area contributed by atoms with E-state index in [0.717, 1.165) is 4.47 Å². The summed E-state index contributed by atoms with van der Waals surface area (Å²) in [4.78, 5) is 0. The summed E-state index contributed by atoms with van der Waals surface area (Å²) < 4.78 is 29.5. The molecular formula is C11H11BrF2N2O. The Balaban J connectivity index is 2.66. The Labute approximate surface area is 107 Å². The van der Waals surface area contributed by atoms with Crippen molar-refractivity contribution in [1.29, 1.82) is 5.26 Å². The number of benzene rings is 1. The highest BCUT2D eigenvalue weighted by Gasteiger charge is 2.09. The lowest BCUT2D eigenvalue weighted by Gasteiger charge is -2.11. The molecule has 0 fully saturated rings. The molecule has 0 aromatic heterocycles. The molecule has 0 aliphatic carbocycles. The molecule has 92 valence electrons. The largest absolute Gasteiger partial charge is 0.434 e. The van der Waals surface area contributed by atoms with Crippen molar-refractivity contribution in [3.8, 4) is 11.8 Å². The minimum absolute atomic E-state index is 0.146. The van der Waals surface area contributed by atoms with Crippen LogP contribution in [-0.4, -0.2) is 13.2 Å². The summed E-state index contributed by atoms with van der Waals surface area (Å²) in [5.74, 6) is 0.146. The van der Waals surface area contributed by atoms with E-state index in [1.807, 2.05) is 6.07 Å². The van der Waals surface area contributed by atoms with E-state index in [1.54, 1.807) is 12.1 Å². The van der Waals surface area contributed by atoms with Crippen LogP contribution in [-0.2, 0) is 6.54 Å². The van der Waals surface area contributed by atoms with Crippen LogP contribution in [0.2, 0.25) is 0 Å². The van der Waals surface area contributed by atoms with E-state index in [2.05, 4.69) is 26.0 Å². The van der Waals surface area contributed by atoms with Gasteiger partial charge >= 0.3 is 6.61 Å². The average molecular weight is 305 g/mol. The van der Waals surface area contributed by atoms with E-state index < -0.39 is 6.61 Å². The highest BCUT2D eigenvalue weighted by Crippen LogP contribution is 2.24. The molecule has 1 rings (SSSR count). The van der Waals surface area contributed by atoms with Gasteiger partial charge in [0, 0.05) is 29.5 Å². The number of halogens is 3. The Morgan fingerprint density at radius 1 is 1.47 bits per heavy atom. The summed E-state index contributed by atoms with van der Waals surface area (Å²) in [5.41, 5.74) is 0.623. The molecule has 0 atom stereocenters. The molecule has 0 amide bonds. The summed E-state index contributed by atoms with van der Waals surface area (Å²) in [6.07, 6.45) is 0.374. The molecule has 0 unspecified atom stereocenters. The van der Waals surface area contributed by atoms with Crippen molar-refractivity contribution in [3.63, 3.8) is 0 Å². The summed E-state index contributed by atoms with van der Waals surface area (Å²) in [5, 5.41) is 11.3. The molecular weight excluding hydrogens is 294 g/mol. The number of alkyl halides is 2. The first-order chi connectivity index (χ1) is 8.13. The molecule has 0 radical (unpaired) electrons. The number of ether oxygens (including phenoxy) is 1. The smallest absolute Gasteiger partial charge is 0.387 e. The second-order valence-corrected chi connectivity index (χ2v) is 4.13. The predicted molar refractivity (Wildman–Crippen MR) is 62.7 cm³/mol. The lowest BCUT2D eigenvalue weighted by Crippen LogP contribution is -2.15. The second kappa shape index (κ2) is 7.20. The highest BCUT2D eigenvalue weighted by atomic mass is 79.9. The van der Waals surface area contributed by atoms with E-state index in [4.69, 9.17) is 5.26 Å². The summed E-state index contributed by atoms with van der Waals surface area (Å²) in [6.45, 7) is -1.95. The molecule has 1 aromatic rings. The second-order valence-electron chi connectivity index (χ2n) is 3.22. The molecule has 6 heteroatoms. The quantitative estimate of drug-likeness (QED) is 0.822. The van der Waals surface area contributed by atoms with Gasteiger partial charge in [0.15, 0.2) is 0 Å². The van der Waals surface area contributed by atoms with Crippen molar-refractivity contribution in [1.82, 2.24) is 5.32 Å². The van der Waals surface area contributed by atoms with E-state index in [0.29, 0.717) is 25.1 Å². The van der Waals surface area contributed by atoms with Crippen LogP contribution in [0.25, 0.3) is 0 Å². The van der Waals surface area contributed by atoms with Crippen LogP contribution in [0.4, 0.5) is 8.78 Å². The van der Waals surface area contributed by atoms with Crippen molar-refractivity contribution in [3.05, 3.63) is 28.2 Å². The number of nitrogens with zero attached hydrogens (tertiary/aromatic N) is 1. The summed E-state index contributed by atoms with van der Waals surface area (Å²) >= 11 is 3.26. The van der Waals surface area contributed by atoms with Gasteiger partial charge in [0.1, 0.15) is 5.75 Å². The maximum atomic E-state index is 12.1. The Hall–Kier alpha value is -1.19. The summed E-state index contributed by atoms with van der Waals surface area (Å²) in [6, 6.07) is 6.81. The van der Waals surface area contributed by atoms with Crippen LogP contribution in [0, 0.1) is 11.3 Å². The zero-order chi connectivity index (χ0) is 12.7. The van der Waals surface area contributed by atoms with Gasteiger partial charge < -0.3 is 10.1 Å². The summed E-state index contributed by atoms with van der Waals surface area (Å²) in [7, 11) is 0. The van der Waals surface area contributed by atoms with Gasteiger partial charge in [0.2, 0.25) is 0 Å². The maximum Gasteiger partial charge on any atom is 0.387 e. The number of nitriles is 1. The van der Waals surface area contributed by atoms with Gasteiger partial charge in [-0.2, -0.15) is 14.0 Å². The first-order valence-electron chi connectivity index (χ1n) is 4.94. The van der Waals surface area contributed by atoms with Crippen LogP contribution in [0.3, 0.4) is 0 Å². The molecule has 1 aromatic carbocycles. The number of hydrogen-bond acceptors (Lipinski definition) is 3. The normalized spacial score (nSPS) is 10.3. The number of nitrogens with one attached hydrogen (secondary N) is 1. The van der Waals surface area contributed by atoms with Crippen LogP contribution < -0.4 is 10.1 Å². The minimum Gasteiger partial charge on any atom is -0.434 e. The Morgan fingerprint density at radius 2 is 2.24 bits per heavy atom. The molecule has 0 bridgehead atoms. The molecule has 3 nitrogen and oxygen atoms in total. The van der Waals surface area contributed by atoms with Gasteiger partial charge in [-0.15, -0.1) is 0 Å². The number of hydrogen-bond donors (Lipinski definition) is 1. The standard InChI is InChI=1S/C11H11BrF2N2O/c12-9-2-3-10(17-11(13)14)8(6-9)7-16-5-1-4-15/h2-3,6,11,16H,1,5,7H2. The zero-order valence-electron chi connectivity index (χ0n) is 8.92. The fourth-order valence-corrected chi connectivity index (χ4v) is 1.67. The molecule has 0 spiro atoms. The fourth-order valence-electron chi connectivity index (χ4n) is 1.26. The molecule has 1 N–H and O–H groups in total. The molecule has 0 heterocycles. The monoisotopic (exact) mass is 304 g/mol. The maximum absolute atomic E-state index is 12.1. The molecule has 0 saturated carbocycles. The van der Waals surface area contributed by atoms with Gasteiger partial charge in [-0.05, 0) is 18.2 Å². The molecule has 17 heavy (non-hydrogen) atoms. The zero-order valence-corrected chi connectivity index (χ0v) is 10.5. The third-order valence-electron chi connectivity index (χ3n) is 1.97. The van der Waals surface area contributed by atoms with Gasteiger partial charge in [-0.3, -0.25) is 0 Å². The third-order valence-corrected chi connectivity index (χ3v) is 2.46. The minimum atomic E-state index is -2.84. The third kappa shape index (κ3) is 5.11. The Morgan fingerprint density at radius 3 is 2.88 bits per heavy atom. The average Bonchev–Trinajstić information content (AvgIpc) is 2.27. The SMILES string of the molecule is N#CCCNCc1cc(Br)ccc1OC(F)F. The van der Waals surface area contributed by atoms with Crippen LogP contribution in [0.1, 0.15) is 12.0 Å². The highest BCUT2D eigenvalue weighted by molar-refractivity contribution is 9.10. The van der Waals surface area contributed by atoms with Crippen molar-refractivity contribution >= 4 is 15.9 Å². The predicted octanol–water partition coefficient (Wildman–Crippen LogP) is 3.05. The molecule has 0 saturated heterocycles. The van der Waals surface area contributed by atoms with Gasteiger partial charge in [0.25, 0.3) is 0 Å². The van der Waals surface area contributed by atoms with Crippen molar-refractivity contribution in [2.24, 2.45) is 0 Å². The van der Waals surface area contributed by atoms with Crippen molar-refractivity contribution in [2.75, 3.05) is 6.54 Å².